The summed E-state index contributed by atoms with van der Waals surface area (Å²) in [5.74, 6) is 0.904. The van der Waals surface area contributed by atoms with Crippen LogP contribution in [0, 0.1) is 5.92 Å². The lowest BCUT2D eigenvalue weighted by atomic mass is 10.1. The van der Waals surface area contributed by atoms with Gasteiger partial charge >= 0.3 is 5.97 Å². The molecular weight excluding hydrogens is 248 g/mol. The highest BCUT2D eigenvalue weighted by Crippen LogP contribution is 2.30. The van der Waals surface area contributed by atoms with E-state index < -0.39 is 0 Å². The van der Waals surface area contributed by atoms with Crippen molar-refractivity contribution in [1.82, 2.24) is 0 Å². The molecule has 0 aliphatic heterocycles. The summed E-state index contributed by atoms with van der Waals surface area (Å²) in [7, 11) is 1.64. The van der Waals surface area contributed by atoms with Gasteiger partial charge in [0.2, 0.25) is 0 Å². The fourth-order valence-corrected chi connectivity index (χ4v) is 2.50. The summed E-state index contributed by atoms with van der Waals surface area (Å²) >= 11 is 1.53. The van der Waals surface area contributed by atoms with Gasteiger partial charge in [0.25, 0.3) is 0 Å². The van der Waals surface area contributed by atoms with Crippen molar-refractivity contribution in [2.24, 2.45) is 5.92 Å². The Bertz CT molecular complexity index is 373. The number of esters is 1. The molecule has 1 atom stereocenters. The lowest BCUT2D eigenvalue weighted by Gasteiger charge is -2.18. The van der Waals surface area contributed by atoms with E-state index in [1.165, 1.54) is 11.8 Å². The lowest BCUT2D eigenvalue weighted by molar-refractivity contribution is -0.143. The number of rotatable bonds is 6. The van der Waals surface area contributed by atoms with Crippen LogP contribution in [0.4, 0.5) is 0 Å². The number of hydrogen-bond acceptors (Lipinski definition) is 4. The van der Waals surface area contributed by atoms with Crippen molar-refractivity contribution >= 4 is 17.7 Å². The highest BCUT2D eigenvalue weighted by atomic mass is 32.2. The molecule has 0 amide bonds. The topological polar surface area (TPSA) is 35.5 Å². The van der Waals surface area contributed by atoms with Gasteiger partial charge in [0, 0.05) is 4.90 Å². The maximum absolute atomic E-state index is 11.8. The molecule has 0 saturated heterocycles. The fraction of sp³-hybridized carbons (Fsp3) is 0.500. The number of carbonyl (C=O) groups is 1. The summed E-state index contributed by atoms with van der Waals surface area (Å²) in [4.78, 5) is 12.9. The smallest absolute Gasteiger partial charge is 0.319 e. The van der Waals surface area contributed by atoms with Gasteiger partial charge in [0.05, 0.1) is 13.7 Å². The minimum absolute atomic E-state index is 0.145. The number of ether oxygens (including phenoxy) is 2. The van der Waals surface area contributed by atoms with E-state index in [2.05, 4.69) is 0 Å². The van der Waals surface area contributed by atoms with Gasteiger partial charge in [-0.2, -0.15) is 0 Å². The summed E-state index contributed by atoms with van der Waals surface area (Å²) in [5.41, 5.74) is 0. The molecule has 0 aliphatic rings. The Morgan fingerprint density at radius 1 is 1.28 bits per heavy atom. The highest BCUT2D eigenvalue weighted by Gasteiger charge is 2.24. The van der Waals surface area contributed by atoms with Crippen LogP contribution >= 0.6 is 11.8 Å². The van der Waals surface area contributed by atoms with Crippen LogP contribution in [-0.4, -0.2) is 24.9 Å². The van der Waals surface area contributed by atoms with Crippen molar-refractivity contribution in [2.45, 2.75) is 30.9 Å². The molecule has 0 saturated carbocycles. The zero-order valence-electron chi connectivity index (χ0n) is 11.3. The maximum Gasteiger partial charge on any atom is 0.319 e. The molecule has 100 valence electrons. The predicted molar refractivity (Wildman–Crippen MR) is 74.1 cm³/mol. The van der Waals surface area contributed by atoms with E-state index in [4.69, 9.17) is 9.47 Å². The second kappa shape index (κ2) is 7.31. The third-order valence-corrected chi connectivity index (χ3v) is 3.98. The molecule has 18 heavy (non-hydrogen) atoms. The summed E-state index contributed by atoms with van der Waals surface area (Å²) in [6, 6.07) is 7.70. The molecule has 0 bridgehead atoms. The van der Waals surface area contributed by atoms with Crippen LogP contribution in [0.3, 0.4) is 0 Å². The minimum atomic E-state index is -0.168. The van der Waals surface area contributed by atoms with Crippen LogP contribution in [0.2, 0.25) is 0 Å². The molecule has 0 aliphatic carbocycles. The zero-order valence-corrected chi connectivity index (χ0v) is 12.1. The first-order valence-corrected chi connectivity index (χ1v) is 6.93. The molecule has 0 heterocycles. The van der Waals surface area contributed by atoms with E-state index in [0.717, 1.165) is 10.6 Å². The van der Waals surface area contributed by atoms with E-state index >= 15 is 0 Å². The monoisotopic (exact) mass is 268 g/mol. The van der Waals surface area contributed by atoms with Gasteiger partial charge in [0.15, 0.2) is 0 Å². The molecule has 1 aromatic rings. The van der Waals surface area contributed by atoms with Crippen molar-refractivity contribution in [3.63, 3.8) is 0 Å². The average molecular weight is 268 g/mol. The van der Waals surface area contributed by atoms with Gasteiger partial charge < -0.3 is 9.47 Å². The molecule has 1 aromatic carbocycles. The molecule has 3 nitrogen and oxygen atoms in total. The minimum Gasteiger partial charge on any atom is -0.497 e. The summed E-state index contributed by atoms with van der Waals surface area (Å²) in [6.45, 7) is 6.30. The van der Waals surface area contributed by atoms with E-state index in [0.29, 0.717) is 6.61 Å². The number of benzene rings is 1. The van der Waals surface area contributed by atoms with Crippen LogP contribution in [0.25, 0.3) is 0 Å². The standard InChI is InChI=1S/C14H20O3S/c1-5-17-14(15)13(10(2)3)18-12-8-6-11(16-4)7-9-12/h6-10,13H,5H2,1-4H3/t13-/m0/s1. The Balaban J connectivity index is 2.73. The molecular formula is C14H20O3S. The van der Waals surface area contributed by atoms with Crippen molar-refractivity contribution in [1.29, 1.82) is 0 Å². The van der Waals surface area contributed by atoms with Crippen LogP contribution in [0.1, 0.15) is 20.8 Å². The highest BCUT2D eigenvalue weighted by molar-refractivity contribution is 8.00. The van der Waals surface area contributed by atoms with Crippen molar-refractivity contribution in [2.75, 3.05) is 13.7 Å². The van der Waals surface area contributed by atoms with Gasteiger partial charge in [-0.25, -0.2) is 0 Å². The summed E-state index contributed by atoms with van der Waals surface area (Å²) < 4.78 is 10.2. The van der Waals surface area contributed by atoms with E-state index in [9.17, 15) is 4.79 Å². The number of methoxy groups -OCH3 is 1. The maximum atomic E-state index is 11.8. The zero-order chi connectivity index (χ0) is 13.5. The quantitative estimate of drug-likeness (QED) is 0.585. The predicted octanol–water partition coefficient (Wildman–Crippen LogP) is 3.38. The van der Waals surface area contributed by atoms with Gasteiger partial charge in [-0.05, 0) is 37.1 Å². The van der Waals surface area contributed by atoms with E-state index in [-0.39, 0.29) is 17.1 Å². The first-order valence-electron chi connectivity index (χ1n) is 6.05. The molecule has 0 radical (unpaired) electrons. The number of thioether (sulfide) groups is 1. The first kappa shape index (κ1) is 14.9. The van der Waals surface area contributed by atoms with E-state index in [1.807, 2.05) is 45.0 Å². The van der Waals surface area contributed by atoms with Gasteiger partial charge in [0.1, 0.15) is 11.0 Å². The molecule has 0 fully saturated rings. The first-order chi connectivity index (χ1) is 8.58. The fourth-order valence-electron chi connectivity index (χ4n) is 1.48. The Hall–Kier alpha value is -1.16. The summed E-state index contributed by atoms with van der Waals surface area (Å²) in [5, 5.41) is -0.168. The van der Waals surface area contributed by atoms with Gasteiger partial charge in [-0.15, -0.1) is 11.8 Å². The molecule has 0 spiro atoms. The van der Waals surface area contributed by atoms with Crippen LogP contribution in [0.5, 0.6) is 5.75 Å². The molecule has 1 rings (SSSR count). The Morgan fingerprint density at radius 2 is 1.89 bits per heavy atom. The third kappa shape index (κ3) is 4.26. The van der Waals surface area contributed by atoms with Crippen molar-refractivity contribution < 1.29 is 14.3 Å². The van der Waals surface area contributed by atoms with Crippen LogP contribution in [-0.2, 0) is 9.53 Å². The Labute approximate surface area is 113 Å². The second-order valence-electron chi connectivity index (χ2n) is 4.21. The average Bonchev–Trinajstić information content (AvgIpc) is 2.36. The number of carbonyl (C=O) groups excluding carboxylic acids is 1. The normalized spacial score (nSPS) is 12.3. The third-order valence-electron chi connectivity index (χ3n) is 2.45. The lowest BCUT2D eigenvalue weighted by Crippen LogP contribution is -2.25. The second-order valence-corrected chi connectivity index (χ2v) is 5.43. The van der Waals surface area contributed by atoms with E-state index in [1.54, 1.807) is 7.11 Å². The molecule has 0 aromatic heterocycles. The SMILES string of the molecule is CCOC(=O)[C@@H](Sc1ccc(OC)cc1)C(C)C. The van der Waals surface area contributed by atoms with Crippen molar-refractivity contribution in [3.05, 3.63) is 24.3 Å². The van der Waals surface area contributed by atoms with Gasteiger partial charge in [-0.3, -0.25) is 4.79 Å². The van der Waals surface area contributed by atoms with Crippen LogP contribution in [0.15, 0.2) is 29.2 Å². The molecule has 4 heteroatoms. The van der Waals surface area contributed by atoms with Crippen LogP contribution < -0.4 is 4.74 Å². The Kier molecular flexibility index (Phi) is 6.05. The summed E-state index contributed by atoms with van der Waals surface area (Å²) in [6.07, 6.45) is 0. The molecule has 0 unspecified atom stereocenters. The number of hydrogen-bond donors (Lipinski definition) is 0. The largest absolute Gasteiger partial charge is 0.497 e. The molecule has 0 N–H and O–H groups in total. The van der Waals surface area contributed by atoms with Gasteiger partial charge in [-0.1, -0.05) is 13.8 Å². The van der Waals surface area contributed by atoms with Crippen molar-refractivity contribution in [3.8, 4) is 5.75 Å². The Morgan fingerprint density at radius 3 is 2.33 bits per heavy atom.